The van der Waals surface area contributed by atoms with Gasteiger partial charge in [-0.15, -0.1) is 0 Å². The lowest BCUT2D eigenvalue weighted by Crippen LogP contribution is -2.28. The Kier molecular flexibility index (Phi) is 8.90. The number of methoxy groups -OCH3 is 1. The quantitative estimate of drug-likeness (QED) is 0.618. The lowest BCUT2D eigenvalue weighted by atomic mass is 10.0. The first kappa shape index (κ1) is 15.9. The number of rotatable bonds is 9. The summed E-state index contributed by atoms with van der Waals surface area (Å²) in [5.74, 6) is 0.708. The molecule has 0 aromatic carbocycles. The van der Waals surface area contributed by atoms with Gasteiger partial charge in [0.2, 0.25) is 0 Å². The van der Waals surface area contributed by atoms with E-state index >= 15 is 0 Å². The number of ether oxygens (including phenoxy) is 2. The molecule has 0 aliphatic heterocycles. The van der Waals surface area contributed by atoms with Crippen LogP contribution >= 0.6 is 0 Å². The van der Waals surface area contributed by atoms with Crippen LogP contribution in [0.3, 0.4) is 0 Å². The first-order valence-electron chi connectivity index (χ1n) is 6.33. The molecule has 0 fully saturated rings. The maximum absolute atomic E-state index is 5.74. The van der Waals surface area contributed by atoms with E-state index in [0.29, 0.717) is 5.92 Å². The van der Waals surface area contributed by atoms with Crippen molar-refractivity contribution >= 4 is 0 Å². The van der Waals surface area contributed by atoms with Crippen LogP contribution in [0.25, 0.3) is 0 Å². The Morgan fingerprint density at radius 1 is 1.19 bits per heavy atom. The topological polar surface area (TPSA) is 30.5 Å². The molecule has 0 aromatic rings. The van der Waals surface area contributed by atoms with E-state index in [-0.39, 0.29) is 5.60 Å². The van der Waals surface area contributed by atoms with E-state index < -0.39 is 0 Å². The van der Waals surface area contributed by atoms with Crippen LogP contribution in [0.1, 0.15) is 40.5 Å². The van der Waals surface area contributed by atoms with Crippen molar-refractivity contribution in [3.05, 3.63) is 0 Å². The molecule has 3 nitrogen and oxygen atoms in total. The molecule has 0 bridgehead atoms. The van der Waals surface area contributed by atoms with Crippen molar-refractivity contribution in [2.45, 2.75) is 46.1 Å². The largest absolute Gasteiger partial charge is 0.383 e. The zero-order valence-electron chi connectivity index (χ0n) is 11.6. The third-order valence-electron chi connectivity index (χ3n) is 2.55. The zero-order valence-corrected chi connectivity index (χ0v) is 11.6. The van der Waals surface area contributed by atoms with Gasteiger partial charge in [0.25, 0.3) is 0 Å². The smallest absolute Gasteiger partial charge is 0.0598 e. The molecule has 0 aliphatic carbocycles. The van der Waals surface area contributed by atoms with E-state index in [1.807, 2.05) is 0 Å². The molecular formula is C13H29NO2. The standard InChI is InChI=1S/C13H29NO2/c1-6-12(11-14-8-10-15-5)7-9-16-13(2,3)4/h12,14H,6-11H2,1-5H3. The molecule has 0 heterocycles. The van der Waals surface area contributed by atoms with E-state index in [1.54, 1.807) is 7.11 Å². The maximum atomic E-state index is 5.74. The van der Waals surface area contributed by atoms with Crippen molar-refractivity contribution in [3.8, 4) is 0 Å². The second-order valence-corrected chi connectivity index (χ2v) is 5.22. The normalized spacial score (nSPS) is 14.1. The highest BCUT2D eigenvalue weighted by Crippen LogP contribution is 2.12. The Morgan fingerprint density at radius 2 is 1.88 bits per heavy atom. The van der Waals surface area contributed by atoms with Crippen molar-refractivity contribution in [2.75, 3.05) is 33.4 Å². The fourth-order valence-corrected chi connectivity index (χ4v) is 1.46. The second-order valence-electron chi connectivity index (χ2n) is 5.22. The van der Waals surface area contributed by atoms with Crippen molar-refractivity contribution in [2.24, 2.45) is 5.92 Å². The van der Waals surface area contributed by atoms with Crippen LogP contribution in [-0.2, 0) is 9.47 Å². The summed E-state index contributed by atoms with van der Waals surface area (Å²) in [5, 5.41) is 3.40. The molecule has 0 saturated carbocycles. The molecule has 0 radical (unpaired) electrons. The molecule has 1 N–H and O–H groups in total. The highest BCUT2D eigenvalue weighted by molar-refractivity contribution is 4.63. The van der Waals surface area contributed by atoms with Gasteiger partial charge in [0.15, 0.2) is 0 Å². The first-order valence-corrected chi connectivity index (χ1v) is 6.33. The summed E-state index contributed by atoms with van der Waals surface area (Å²) in [7, 11) is 1.73. The molecule has 3 heteroatoms. The SMILES string of the molecule is CCC(CCOC(C)(C)C)CNCCOC. The van der Waals surface area contributed by atoms with E-state index in [0.717, 1.165) is 32.7 Å². The van der Waals surface area contributed by atoms with E-state index in [4.69, 9.17) is 9.47 Å². The van der Waals surface area contributed by atoms with Crippen molar-refractivity contribution in [1.82, 2.24) is 5.32 Å². The van der Waals surface area contributed by atoms with Gasteiger partial charge in [-0.25, -0.2) is 0 Å². The van der Waals surface area contributed by atoms with Crippen LogP contribution in [0, 0.1) is 5.92 Å². The van der Waals surface area contributed by atoms with Crippen LogP contribution < -0.4 is 5.32 Å². The molecule has 98 valence electrons. The molecule has 0 rings (SSSR count). The highest BCUT2D eigenvalue weighted by Gasteiger charge is 2.12. The fourth-order valence-electron chi connectivity index (χ4n) is 1.46. The van der Waals surface area contributed by atoms with Crippen molar-refractivity contribution in [3.63, 3.8) is 0 Å². The molecule has 0 amide bonds. The summed E-state index contributed by atoms with van der Waals surface area (Å²) >= 11 is 0. The van der Waals surface area contributed by atoms with Crippen LogP contribution in [0.5, 0.6) is 0 Å². The average molecular weight is 231 g/mol. The predicted octanol–water partition coefficient (Wildman–Crippen LogP) is 2.45. The van der Waals surface area contributed by atoms with E-state index in [1.165, 1.54) is 6.42 Å². The van der Waals surface area contributed by atoms with Gasteiger partial charge in [-0.2, -0.15) is 0 Å². The summed E-state index contributed by atoms with van der Waals surface area (Å²) in [6, 6.07) is 0. The molecule has 1 unspecified atom stereocenters. The summed E-state index contributed by atoms with van der Waals surface area (Å²) in [5.41, 5.74) is -0.0121. The Balaban J connectivity index is 3.51. The Hall–Kier alpha value is -0.120. The number of hydrogen-bond donors (Lipinski definition) is 1. The molecule has 0 aliphatic rings. The summed E-state index contributed by atoms with van der Waals surface area (Å²) < 4.78 is 10.7. The van der Waals surface area contributed by atoms with Gasteiger partial charge in [0, 0.05) is 20.3 Å². The third-order valence-corrected chi connectivity index (χ3v) is 2.55. The Bertz CT molecular complexity index is 155. The molecule has 0 aromatic heterocycles. The van der Waals surface area contributed by atoms with Crippen molar-refractivity contribution in [1.29, 1.82) is 0 Å². The summed E-state index contributed by atoms with van der Waals surface area (Å²) in [6.07, 6.45) is 2.33. The molecule has 16 heavy (non-hydrogen) atoms. The number of nitrogens with one attached hydrogen (secondary N) is 1. The van der Waals surface area contributed by atoms with Gasteiger partial charge in [0.1, 0.15) is 0 Å². The summed E-state index contributed by atoms with van der Waals surface area (Å²) in [6.45, 7) is 12.2. The van der Waals surface area contributed by atoms with Gasteiger partial charge in [-0.1, -0.05) is 13.3 Å². The Labute approximate surface area is 101 Å². The van der Waals surface area contributed by atoms with Crippen LogP contribution in [0.4, 0.5) is 0 Å². The Morgan fingerprint density at radius 3 is 2.38 bits per heavy atom. The maximum Gasteiger partial charge on any atom is 0.0598 e. The van der Waals surface area contributed by atoms with Crippen LogP contribution in [0.15, 0.2) is 0 Å². The van der Waals surface area contributed by atoms with Gasteiger partial charge < -0.3 is 14.8 Å². The van der Waals surface area contributed by atoms with E-state index in [2.05, 4.69) is 33.0 Å². The highest BCUT2D eigenvalue weighted by atomic mass is 16.5. The third kappa shape index (κ3) is 10.4. The minimum Gasteiger partial charge on any atom is -0.383 e. The van der Waals surface area contributed by atoms with Crippen molar-refractivity contribution < 1.29 is 9.47 Å². The lowest BCUT2D eigenvalue weighted by molar-refractivity contribution is -0.00942. The van der Waals surface area contributed by atoms with Gasteiger partial charge in [-0.05, 0) is 39.7 Å². The van der Waals surface area contributed by atoms with Gasteiger partial charge in [-0.3, -0.25) is 0 Å². The van der Waals surface area contributed by atoms with E-state index in [9.17, 15) is 0 Å². The van der Waals surface area contributed by atoms with Gasteiger partial charge >= 0.3 is 0 Å². The molecular weight excluding hydrogens is 202 g/mol. The summed E-state index contributed by atoms with van der Waals surface area (Å²) in [4.78, 5) is 0. The van der Waals surface area contributed by atoms with Crippen LogP contribution in [0.2, 0.25) is 0 Å². The fraction of sp³-hybridized carbons (Fsp3) is 1.00. The zero-order chi connectivity index (χ0) is 12.4. The minimum absolute atomic E-state index is 0.0121. The predicted molar refractivity (Wildman–Crippen MR) is 68.8 cm³/mol. The first-order chi connectivity index (χ1) is 7.49. The van der Waals surface area contributed by atoms with Gasteiger partial charge in [0.05, 0.1) is 12.2 Å². The molecule has 1 atom stereocenters. The molecule has 0 saturated heterocycles. The second kappa shape index (κ2) is 8.97. The molecule has 0 spiro atoms. The average Bonchev–Trinajstić information content (AvgIpc) is 2.20. The number of hydrogen-bond acceptors (Lipinski definition) is 3. The monoisotopic (exact) mass is 231 g/mol. The minimum atomic E-state index is -0.0121. The van der Waals surface area contributed by atoms with Crippen LogP contribution in [-0.4, -0.2) is 39.0 Å². The lowest BCUT2D eigenvalue weighted by Gasteiger charge is -2.22.